The highest BCUT2D eigenvalue weighted by Crippen LogP contribution is 2.24. The molecule has 0 spiro atoms. The Kier molecular flexibility index (Phi) is 1.77. The van der Waals surface area contributed by atoms with Crippen molar-refractivity contribution in [3.05, 3.63) is 36.7 Å². The molecule has 3 nitrogen and oxygen atoms in total. The number of hydrogen-bond acceptors (Lipinski definition) is 2. The fourth-order valence-corrected chi connectivity index (χ4v) is 1.31. The minimum Gasteiger partial charge on any atom is -0.476 e. The van der Waals surface area contributed by atoms with Gasteiger partial charge in [0.15, 0.2) is 0 Å². The lowest BCUT2D eigenvalue weighted by Gasteiger charge is -1.92. The Bertz CT molecular complexity index is 387. The van der Waals surface area contributed by atoms with Gasteiger partial charge in [-0.1, -0.05) is 18.2 Å². The summed E-state index contributed by atoms with van der Waals surface area (Å²) >= 11 is 0. The maximum absolute atomic E-state index is 9.40. The normalized spacial score (nSPS) is 10.2. The van der Waals surface area contributed by atoms with E-state index in [1.54, 1.807) is 4.57 Å². The van der Waals surface area contributed by atoms with Crippen LogP contribution in [0.5, 0.6) is 5.95 Å². The first kappa shape index (κ1) is 7.86. The van der Waals surface area contributed by atoms with Gasteiger partial charge in [-0.2, -0.15) is 4.57 Å². The lowest BCUT2D eigenvalue weighted by Crippen LogP contribution is -2.26. The van der Waals surface area contributed by atoms with Crippen molar-refractivity contribution in [2.24, 2.45) is 7.05 Å². The van der Waals surface area contributed by atoms with Crippen LogP contribution in [0.25, 0.3) is 11.3 Å². The zero-order valence-electron chi connectivity index (χ0n) is 7.27. The molecule has 0 aliphatic rings. The van der Waals surface area contributed by atoms with Crippen molar-refractivity contribution in [2.75, 3.05) is 0 Å². The average Bonchev–Trinajstić information content (AvgIpc) is 2.48. The number of hydrogen-bond donors (Lipinski definition) is 1. The standard InChI is InChI=1S/C10H9NO2/c1-11-7-13-10(12)9(11)8-5-3-2-4-6-8/h2-7H,1H3/p+1. The van der Waals surface area contributed by atoms with E-state index in [9.17, 15) is 5.11 Å². The molecule has 0 amide bonds. The molecule has 1 aromatic heterocycles. The third-order valence-electron chi connectivity index (χ3n) is 1.92. The van der Waals surface area contributed by atoms with Gasteiger partial charge in [0, 0.05) is 0 Å². The van der Waals surface area contributed by atoms with Crippen molar-refractivity contribution in [1.29, 1.82) is 0 Å². The minimum absolute atomic E-state index is 0.0475. The Labute approximate surface area is 75.9 Å². The van der Waals surface area contributed by atoms with Crippen LogP contribution in [0.1, 0.15) is 0 Å². The van der Waals surface area contributed by atoms with Gasteiger partial charge in [0.25, 0.3) is 5.69 Å². The molecule has 0 aliphatic carbocycles. The van der Waals surface area contributed by atoms with Gasteiger partial charge >= 0.3 is 12.3 Å². The molecule has 1 aromatic carbocycles. The van der Waals surface area contributed by atoms with E-state index in [0.717, 1.165) is 5.56 Å². The summed E-state index contributed by atoms with van der Waals surface area (Å²) in [6, 6.07) is 9.61. The molecule has 0 radical (unpaired) electrons. The highest BCUT2D eigenvalue weighted by Gasteiger charge is 2.19. The van der Waals surface area contributed by atoms with Gasteiger partial charge in [-0.25, -0.2) is 0 Å². The summed E-state index contributed by atoms with van der Waals surface area (Å²) in [5.74, 6) is -0.0475. The highest BCUT2D eigenvalue weighted by atomic mass is 16.5. The van der Waals surface area contributed by atoms with Crippen molar-refractivity contribution in [1.82, 2.24) is 0 Å². The molecule has 0 atom stereocenters. The monoisotopic (exact) mass is 176 g/mol. The molecule has 0 unspecified atom stereocenters. The first-order valence-corrected chi connectivity index (χ1v) is 4.00. The summed E-state index contributed by atoms with van der Waals surface area (Å²) in [7, 11) is 1.82. The van der Waals surface area contributed by atoms with Crippen LogP contribution in [0.2, 0.25) is 0 Å². The van der Waals surface area contributed by atoms with Crippen molar-refractivity contribution < 1.29 is 14.1 Å². The maximum atomic E-state index is 9.40. The Hall–Kier alpha value is -1.77. The van der Waals surface area contributed by atoms with Gasteiger partial charge in [-0.05, 0) is 12.1 Å². The van der Waals surface area contributed by atoms with Crippen LogP contribution in [0.3, 0.4) is 0 Å². The topological polar surface area (TPSA) is 37.2 Å². The van der Waals surface area contributed by atoms with E-state index in [4.69, 9.17) is 4.42 Å². The van der Waals surface area contributed by atoms with Crippen LogP contribution in [0.15, 0.2) is 41.1 Å². The molecular formula is C10H10NO2+. The summed E-state index contributed by atoms with van der Waals surface area (Å²) in [5.41, 5.74) is 1.64. The number of rotatable bonds is 1. The molecule has 3 heteroatoms. The minimum atomic E-state index is -0.0475. The average molecular weight is 176 g/mol. The Morgan fingerprint density at radius 1 is 1.23 bits per heavy atom. The summed E-state index contributed by atoms with van der Waals surface area (Å²) in [6.07, 6.45) is 1.47. The Balaban J connectivity index is 2.59. The summed E-state index contributed by atoms with van der Waals surface area (Å²) in [5, 5.41) is 9.40. The zero-order valence-corrected chi connectivity index (χ0v) is 7.27. The Morgan fingerprint density at radius 3 is 2.46 bits per heavy atom. The van der Waals surface area contributed by atoms with Crippen LogP contribution in [0, 0.1) is 0 Å². The zero-order chi connectivity index (χ0) is 9.26. The SMILES string of the molecule is C[n+]1coc(O)c1-c1ccccc1. The predicted octanol–water partition coefficient (Wildman–Crippen LogP) is 1.48. The molecule has 0 saturated heterocycles. The molecule has 13 heavy (non-hydrogen) atoms. The van der Waals surface area contributed by atoms with Gasteiger partial charge < -0.3 is 9.52 Å². The molecule has 66 valence electrons. The molecule has 0 fully saturated rings. The van der Waals surface area contributed by atoms with Crippen molar-refractivity contribution in [3.63, 3.8) is 0 Å². The molecule has 0 bridgehead atoms. The van der Waals surface area contributed by atoms with Gasteiger partial charge in [0.05, 0.1) is 5.56 Å². The molecule has 0 saturated carbocycles. The van der Waals surface area contributed by atoms with E-state index in [0.29, 0.717) is 5.69 Å². The number of aromatic nitrogens is 1. The second-order valence-electron chi connectivity index (χ2n) is 2.85. The molecular weight excluding hydrogens is 166 g/mol. The quantitative estimate of drug-likeness (QED) is 0.668. The molecule has 1 N–H and O–H groups in total. The lowest BCUT2D eigenvalue weighted by molar-refractivity contribution is -0.664. The second-order valence-corrected chi connectivity index (χ2v) is 2.85. The van der Waals surface area contributed by atoms with Crippen LogP contribution in [-0.4, -0.2) is 5.11 Å². The van der Waals surface area contributed by atoms with Gasteiger partial charge in [0.1, 0.15) is 7.05 Å². The predicted molar refractivity (Wildman–Crippen MR) is 47.0 cm³/mol. The third-order valence-corrected chi connectivity index (χ3v) is 1.92. The Morgan fingerprint density at radius 2 is 1.92 bits per heavy atom. The van der Waals surface area contributed by atoms with Crippen LogP contribution >= 0.6 is 0 Å². The van der Waals surface area contributed by atoms with Crippen molar-refractivity contribution in [3.8, 4) is 17.2 Å². The number of benzene rings is 1. The molecule has 1 heterocycles. The number of oxazole rings is 1. The van der Waals surface area contributed by atoms with Gasteiger partial charge in [-0.3, -0.25) is 0 Å². The van der Waals surface area contributed by atoms with E-state index in [2.05, 4.69) is 0 Å². The van der Waals surface area contributed by atoms with E-state index in [1.165, 1.54) is 6.39 Å². The number of nitrogens with zero attached hydrogens (tertiary/aromatic N) is 1. The van der Waals surface area contributed by atoms with E-state index >= 15 is 0 Å². The van der Waals surface area contributed by atoms with E-state index in [1.807, 2.05) is 37.4 Å². The molecule has 0 aliphatic heterocycles. The van der Waals surface area contributed by atoms with Crippen molar-refractivity contribution in [2.45, 2.75) is 0 Å². The summed E-state index contributed by atoms with van der Waals surface area (Å²) in [4.78, 5) is 0. The van der Waals surface area contributed by atoms with Crippen molar-refractivity contribution >= 4 is 0 Å². The fraction of sp³-hybridized carbons (Fsp3) is 0.100. The smallest absolute Gasteiger partial charge is 0.362 e. The largest absolute Gasteiger partial charge is 0.476 e. The van der Waals surface area contributed by atoms with E-state index in [-0.39, 0.29) is 5.95 Å². The first-order valence-electron chi connectivity index (χ1n) is 4.00. The third kappa shape index (κ3) is 1.28. The second kappa shape index (κ2) is 2.94. The van der Waals surface area contributed by atoms with Crippen LogP contribution < -0.4 is 4.57 Å². The lowest BCUT2D eigenvalue weighted by atomic mass is 10.2. The summed E-state index contributed by atoms with van der Waals surface area (Å²) in [6.45, 7) is 0. The first-order chi connectivity index (χ1) is 6.29. The van der Waals surface area contributed by atoms with Crippen LogP contribution in [0.4, 0.5) is 0 Å². The van der Waals surface area contributed by atoms with Gasteiger partial charge in [0.2, 0.25) is 0 Å². The maximum Gasteiger partial charge on any atom is 0.362 e. The molecule has 2 rings (SSSR count). The van der Waals surface area contributed by atoms with Gasteiger partial charge in [-0.15, -0.1) is 0 Å². The highest BCUT2D eigenvalue weighted by molar-refractivity contribution is 5.59. The fourth-order valence-electron chi connectivity index (χ4n) is 1.31. The molecule has 2 aromatic rings. The number of aromatic hydroxyl groups is 1. The van der Waals surface area contributed by atoms with Crippen LogP contribution in [-0.2, 0) is 7.05 Å². The van der Waals surface area contributed by atoms with E-state index < -0.39 is 0 Å². The number of aryl methyl sites for hydroxylation is 1. The summed E-state index contributed by atoms with van der Waals surface area (Å²) < 4.78 is 6.61.